The van der Waals surface area contributed by atoms with E-state index in [-0.39, 0.29) is 6.54 Å². The predicted octanol–water partition coefficient (Wildman–Crippen LogP) is 1.79. The van der Waals surface area contributed by atoms with Crippen LogP contribution in [0.4, 0.5) is 10.5 Å². The third-order valence-electron chi connectivity index (χ3n) is 2.99. The quantitative estimate of drug-likeness (QED) is 0.883. The van der Waals surface area contributed by atoms with E-state index in [4.69, 9.17) is 14.6 Å². The van der Waals surface area contributed by atoms with Crippen molar-refractivity contribution in [2.75, 3.05) is 31.6 Å². The van der Waals surface area contributed by atoms with Gasteiger partial charge in [0.05, 0.1) is 13.2 Å². The van der Waals surface area contributed by atoms with Crippen LogP contribution in [-0.4, -0.2) is 48.3 Å². The van der Waals surface area contributed by atoms with Gasteiger partial charge in [0.2, 0.25) is 0 Å². The normalized spacial score (nSPS) is 13.2. The van der Waals surface area contributed by atoms with E-state index >= 15 is 0 Å². The van der Waals surface area contributed by atoms with E-state index in [2.05, 4.69) is 5.32 Å². The second-order valence-corrected chi connectivity index (χ2v) is 4.55. The average molecular weight is 294 g/mol. The first-order valence-corrected chi connectivity index (χ1v) is 6.77. The smallest absolute Gasteiger partial charge is 0.323 e. The second kappa shape index (κ2) is 6.83. The third-order valence-corrected chi connectivity index (χ3v) is 2.99. The lowest BCUT2D eigenvalue weighted by Crippen LogP contribution is -2.38. The molecule has 1 aliphatic heterocycles. The summed E-state index contributed by atoms with van der Waals surface area (Å²) in [4.78, 5) is 23.9. The van der Waals surface area contributed by atoms with Crippen molar-refractivity contribution >= 4 is 17.7 Å². The number of anilines is 1. The maximum atomic E-state index is 12.0. The van der Waals surface area contributed by atoms with Gasteiger partial charge in [0.25, 0.3) is 0 Å². The van der Waals surface area contributed by atoms with Crippen LogP contribution in [0.3, 0.4) is 0 Å². The summed E-state index contributed by atoms with van der Waals surface area (Å²) in [6.07, 6.45) is 0.804. The van der Waals surface area contributed by atoms with Crippen LogP contribution in [0.1, 0.15) is 13.3 Å². The van der Waals surface area contributed by atoms with E-state index in [1.165, 1.54) is 4.90 Å². The highest BCUT2D eigenvalue weighted by Crippen LogP contribution is 2.32. The molecule has 1 aliphatic rings. The number of amides is 2. The summed E-state index contributed by atoms with van der Waals surface area (Å²) >= 11 is 0. The number of rotatable bonds is 4. The topological polar surface area (TPSA) is 88.1 Å². The van der Waals surface area contributed by atoms with Crippen LogP contribution >= 0.6 is 0 Å². The number of carboxylic acid groups (broad SMARTS) is 1. The molecular formula is C14H18N2O5. The van der Waals surface area contributed by atoms with Gasteiger partial charge in [-0.2, -0.15) is 0 Å². The fraction of sp³-hybridized carbons (Fsp3) is 0.429. The highest BCUT2D eigenvalue weighted by atomic mass is 16.5. The molecule has 2 amide bonds. The Morgan fingerprint density at radius 3 is 2.67 bits per heavy atom. The molecule has 0 radical (unpaired) electrons. The Morgan fingerprint density at radius 1 is 1.29 bits per heavy atom. The lowest BCUT2D eigenvalue weighted by Gasteiger charge is -2.19. The van der Waals surface area contributed by atoms with Gasteiger partial charge in [-0.1, -0.05) is 0 Å². The van der Waals surface area contributed by atoms with Crippen LogP contribution in [0.5, 0.6) is 11.5 Å². The molecule has 0 aromatic heterocycles. The molecule has 0 atom stereocenters. The fourth-order valence-electron chi connectivity index (χ4n) is 1.93. The largest absolute Gasteiger partial charge is 0.490 e. The van der Waals surface area contributed by atoms with Gasteiger partial charge in [-0.15, -0.1) is 0 Å². The highest BCUT2D eigenvalue weighted by Gasteiger charge is 2.16. The van der Waals surface area contributed by atoms with E-state index in [0.717, 1.165) is 6.42 Å². The number of benzene rings is 1. The number of hydrogen-bond donors (Lipinski definition) is 2. The van der Waals surface area contributed by atoms with Crippen molar-refractivity contribution in [1.82, 2.24) is 4.90 Å². The number of urea groups is 1. The molecule has 0 unspecified atom stereocenters. The summed E-state index contributed by atoms with van der Waals surface area (Å²) in [5.41, 5.74) is 0.535. The number of nitrogens with one attached hydrogen (secondary N) is 1. The van der Waals surface area contributed by atoms with Crippen LogP contribution in [0.15, 0.2) is 18.2 Å². The molecule has 1 aromatic rings. The van der Waals surface area contributed by atoms with E-state index in [0.29, 0.717) is 36.9 Å². The average Bonchev–Trinajstić information content (AvgIpc) is 2.69. The lowest BCUT2D eigenvalue weighted by atomic mass is 10.2. The number of likely N-dealkylation sites (N-methyl/N-ethyl adjacent to an activating group) is 1. The van der Waals surface area contributed by atoms with Crippen molar-refractivity contribution in [2.24, 2.45) is 0 Å². The summed E-state index contributed by atoms with van der Waals surface area (Å²) in [6, 6.07) is 4.63. The molecule has 0 spiro atoms. The molecule has 0 bridgehead atoms. The van der Waals surface area contributed by atoms with Gasteiger partial charge < -0.3 is 24.8 Å². The molecule has 114 valence electrons. The number of hydrogen-bond acceptors (Lipinski definition) is 4. The van der Waals surface area contributed by atoms with E-state index in [1.807, 2.05) is 0 Å². The molecule has 0 saturated carbocycles. The zero-order chi connectivity index (χ0) is 15.2. The Balaban J connectivity index is 2.07. The fourth-order valence-corrected chi connectivity index (χ4v) is 1.93. The maximum Gasteiger partial charge on any atom is 0.323 e. The number of carboxylic acids is 1. The number of fused-ring (bicyclic) bond motifs is 1. The van der Waals surface area contributed by atoms with Crippen LogP contribution < -0.4 is 14.8 Å². The van der Waals surface area contributed by atoms with Gasteiger partial charge in [0, 0.05) is 24.7 Å². The summed E-state index contributed by atoms with van der Waals surface area (Å²) < 4.78 is 11.0. The minimum absolute atomic E-state index is 0.308. The van der Waals surface area contributed by atoms with E-state index in [9.17, 15) is 9.59 Å². The number of carbonyl (C=O) groups excluding carboxylic acids is 1. The van der Waals surface area contributed by atoms with Gasteiger partial charge >= 0.3 is 12.0 Å². The second-order valence-electron chi connectivity index (χ2n) is 4.55. The van der Waals surface area contributed by atoms with Crippen LogP contribution in [0.25, 0.3) is 0 Å². The molecule has 0 aliphatic carbocycles. The summed E-state index contributed by atoms with van der Waals surface area (Å²) in [7, 11) is 0. The molecule has 1 aromatic carbocycles. The maximum absolute atomic E-state index is 12.0. The Kier molecular flexibility index (Phi) is 4.86. The molecule has 0 fully saturated rings. The number of ether oxygens (including phenoxy) is 2. The molecule has 0 saturated heterocycles. The summed E-state index contributed by atoms with van der Waals surface area (Å²) in [5, 5.41) is 11.4. The summed E-state index contributed by atoms with van der Waals surface area (Å²) in [5.74, 6) is 0.167. The monoisotopic (exact) mass is 294 g/mol. The van der Waals surface area contributed by atoms with Crippen molar-refractivity contribution < 1.29 is 24.2 Å². The Morgan fingerprint density at radius 2 is 2.00 bits per heavy atom. The Hall–Kier alpha value is -2.44. The first-order valence-electron chi connectivity index (χ1n) is 6.77. The van der Waals surface area contributed by atoms with Gasteiger partial charge in [0.15, 0.2) is 11.5 Å². The molecule has 7 nitrogen and oxygen atoms in total. The highest BCUT2D eigenvalue weighted by molar-refractivity contribution is 5.91. The SMILES string of the molecule is CCN(CC(=O)O)C(=O)Nc1ccc2c(c1)OCCCO2. The third kappa shape index (κ3) is 4.01. The molecular weight excluding hydrogens is 276 g/mol. The van der Waals surface area contributed by atoms with E-state index in [1.54, 1.807) is 25.1 Å². The van der Waals surface area contributed by atoms with Crippen molar-refractivity contribution in [3.05, 3.63) is 18.2 Å². The van der Waals surface area contributed by atoms with Gasteiger partial charge in [-0.05, 0) is 19.1 Å². The Bertz CT molecular complexity index is 532. The van der Waals surface area contributed by atoms with Crippen molar-refractivity contribution in [3.63, 3.8) is 0 Å². The number of nitrogens with zero attached hydrogens (tertiary/aromatic N) is 1. The standard InChI is InChI=1S/C14H18N2O5/c1-2-16(9-13(17)18)14(19)15-10-4-5-11-12(8-10)21-7-3-6-20-11/h4-5,8H,2-3,6-7,9H2,1H3,(H,15,19)(H,17,18). The first-order chi connectivity index (χ1) is 10.1. The van der Waals surface area contributed by atoms with Gasteiger partial charge in [0.1, 0.15) is 6.54 Å². The van der Waals surface area contributed by atoms with E-state index < -0.39 is 12.0 Å². The zero-order valence-electron chi connectivity index (χ0n) is 11.8. The van der Waals surface area contributed by atoms with Crippen molar-refractivity contribution in [3.8, 4) is 11.5 Å². The van der Waals surface area contributed by atoms with Gasteiger partial charge in [-0.3, -0.25) is 4.79 Å². The minimum atomic E-state index is -1.05. The minimum Gasteiger partial charge on any atom is -0.490 e. The van der Waals surface area contributed by atoms with Crippen molar-refractivity contribution in [1.29, 1.82) is 0 Å². The van der Waals surface area contributed by atoms with Crippen molar-refractivity contribution in [2.45, 2.75) is 13.3 Å². The molecule has 2 rings (SSSR count). The number of aliphatic carboxylic acids is 1. The zero-order valence-corrected chi connectivity index (χ0v) is 11.8. The predicted molar refractivity (Wildman–Crippen MR) is 76.0 cm³/mol. The van der Waals surface area contributed by atoms with Crippen LogP contribution in [-0.2, 0) is 4.79 Å². The molecule has 1 heterocycles. The molecule has 7 heteroatoms. The summed E-state index contributed by atoms with van der Waals surface area (Å²) in [6.45, 7) is 2.84. The van der Waals surface area contributed by atoms with Crippen LogP contribution in [0.2, 0.25) is 0 Å². The Labute approximate surface area is 122 Å². The molecule has 21 heavy (non-hydrogen) atoms. The van der Waals surface area contributed by atoms with Crippen LogP contribution in [0, 0.1) is 0 Å². The molecule has 2 N–H and O–H groups in total. The first kappa shape index (κ1) is 15.0. The van der Waals surface area contributed by atoms with Gasteiger partial charge in [-0.25, -0.2) is 4.79 Å². The lowest BCUT2D eigenvalue weighted by molar-refractivity contribution is -0.137. The number of carbonyl (C=O) groups is 2.